The highest BCUT2D eigenvalue weighted by Gasteiger charge is 2.36. The van der Waals surface area contributed by atoms with Gasteiger partial charge in [-0.15, -0.1) is 0 Å². The summed E-state index contributed by atoms with van der Waals surface area (Å²) in [5.41, 5.74) is 0.435. The monoisotopic (exact) mass is 272 g/mol. The van der Waals surface area contributed by atoms with Crippen LogP contribution in [0, 0.1) is 0 Å². The molecule has 0 saturated heterocycles. The van der Waals surface area contributed by atoms with Crippen molar-refractivity contribution in [3.05, 3.63) is 52.9 Å². The van der Waals surface area contributed by atoms with Crippen molar-refractivity contribution >= 4 is 17.8 Å². The van der Waals surface area contributed by atoms with E-state index in [-0.39, 0.29) is 17.9 Å². The lowest BCUT2D eigenvalue weighted by Crippen LogP contribution is -2.29. The highest BCUT2D eigenvalue weighted by atomic mass is 16.5. The van der Waals surface area contributed by atoms with Crippen LogP contribution in [-0.4, -0.2) is 32.9 Å². The van der Waals surface area contributed by atoms with Gasteiger partial charge in [0.25, 0.3) is 11.8 Å². The van der Waals surface area contributed by atoms with Crippen molar-refractivity contribution in [2.24, 2.45) is 0 Å². The number of carboxylic acid groups (broad SMARTS) is 1. The Labute approximate surface area is 112 Å². The van der Waals surface area contributed by atoms with E-state index in [0.717, 1.165) is 11.1 Å². The minimum Gasteiger partial charge on any atom is -0.478 e. The third-order valence-electron chi connectivity index (χ3n) is 3.06. The molecule has 0 radical (unpaired) electrons. The van der Waals surface area contributed by atoms with E-state index in [1.165, 1.54) is 0 Å². The van der Waals surface area contributed by atoms with Crippen molar-refractivity contribution in [1.29, 1.82) is 0 Å². The number of aromatic nitrogens is 1. The summed E-state index contributed by atoms with van der Waals surface area (Å²) in [5, 5.41) is 12.3. The van der Waals surface area contributed by atoms with Gasteiger partial charge in [0.15, 0.2) is 5.76 Å². The zero-order valence-corrected chi connectivity index (χ0v) is 10.1. The van der Waals surface area contributed by atoms with Crippen molar-refractivity contribution < 1.29 is 24.0 Å². The van der Waals surface area contributed by atoms with Gasteiger partial charge in [-0.2, -0.15) is 0 Å². The second-order valence-electron chi connectivity index (χ2n) is 4.21. The zero-order valence-electron chi connectivity index (χ0n) is 10.1. The van der Waals surface area contributed by atoms with Crippen LogP contribution in [0.2, 0.25) is 0 Å². The normalized spacial score (nSPS) is 13.7. The van der Waals surface area contributed by atoms with E-state index in [2.05, 4.69) is 5.16 Å². The first-order valence-corrected chi connectivity index (χ1v) is 5.71. The minimum absolute atomic E-state index is 0.0352. The Morgan fingerprint density at radius 1 is 1.20 bits per heavy atom. The number of benzene rings is 1. The van der Waals surface area contributed by atoms with E-state index in [4.69, 9.17) is 9.63 Å². The fourth-order valence-electron chi connectivity index (χ4n) is 2.08. The summed E-state index contributed by atoms with van der Waals surface area (Å²) in [5.74, 6) is -2.21. The topological polar surface area (TPSA) is 101 Å². The maximum absolute atomic E-state index is 12.1. The molecular formula is C13H8N2O5. The number of carbonyl (C=O) groups excluding carboxylic acids is 2. The predicted octanol–water partition coefficient (Wildman–Crippen LogP) is 1.17. The van der Waals surface area contributed by atoms with Crippen LogP contribution in [-0.2, 0) is 6.54 Å². The van der Waals surface area contributed by atoms with Crippen LogP contribution < -0.4 is 0 Å². The molecule has 0 spiro atoms. The number of hydrogen-bond donors (Lipinski definition) is 1. The molecule has 20 heavy (non-hydrogen) atoms. The number of rotatable bonds is 3. The van der Waals surface area contributed by atoms with Gasteiger partial charge < -0.3 is 9.63 Å². The number of carboxylic acids is 1. The minimum atomic E-state index is -1.22. The third kappa shape index (κ3) is 1.68. The molecule has 100 valence electrons. The molecule has 0 unspecified atom stereocenters. The Morgan fingerprint density at radius 2 is 1.80 bits per heavy atom. The molecule has 0 bridgehead atoms. The Kier molecular flexibility index (Phi) is 2.60. The lowest BCUT2D eigenvalue weighted by Gasteiger charge is -2.11. The molecule has 1 aliphatic heterocycles. The molecule has 3 rings (SSSR count). The molecule has 7 heteroatoms. The summed E-state index contributed by atoms with van der Waals surface area (Å²) >= 11 is 0. The van der Waals surface area contributed by atoms with Gasteiger partial charge >= 0.3 is 5.97 Å². The lowest BCUT2D eigenvalue weighted by atomic mass is 10.1. The average molecular weight is 272 g/mol. The van der Waals surface area contributed by atoms with Crippen molar-refractivity contribution in [3.8, 4) is 0 Å². The summed E-state index contributed by atoms with van der Waals surface area (Å²) in [7, 11) is 0. The summed E-state index contributed by atoms with van der Waals surface area (Å²) in [6.45, 7) is -0.256. The fourth-order valence-corrected chi connectivity index (χ4v) is 2.08. The molecule has 2 heterocycles. The molecule has 0 aliphatic carbocycles. The van der Waals surface area contributed by atoms with E-state index in [0.29, 0.717) is 11.1 Å². The van der Waals surface area contributed by atoms with Gasteiger partial charge in [-0.05, 0) is 12.1 Å². The summed E-state index contributed by atoms with van der Waals surface area (Å²) in [6.07, 6.45) is 1.04. The second kappa shape index (κ2) is 4.30. The van der Waals surface area contributed by atoms with E-state index in [9.17, 15) is 14.4 Å². The third-order valence-corrected chi connectivity index (χ3v) is 3.06. The largest absolute Gasteiger partial charge is 0.478 e. The van der Waals surface area contributed by atoms with Gasteiger partial charge in [0, 0.05) is 0 Å². The van der Waals surface area contributed by atoms with Crippen LogP contribution in [0.3, 0.4) is 0 Å². The molecule has 1 N–H and O–H groups in total. The van der Waals surface area contributed by atoms with Crippen LogP contribution in [0.1, 0.15) is 36.8 Å². The van der Waals surface area contributed by atoms with Gasteiger partial charge in [-0.3, -0.25) is 14.5 Å². The number of nitrogens with zero attached hydrogens (tertiary/aromatic N) is 2. The highest BCUT2D eigenvalue weighted by Crippen LogP contribution is 2.24. The molecule has 7 nitrogen and oxygen atoms in total. The maximum Gasteiger partial charge on any atom is 0.341 e. The summed E-state index contributed by atoms with van der Waals surface area (Å²) < 4.78 is 4.81. The zero-order chi connectivity index (χ0) is 14.3. The summed E-state index contributed by atoms with van der Waals surface area (Å²) in [6, 6.07) is 6.41. The molecular weight excluding hydrogens is 264 g/mol. The van der Waals surface area contributed by atoms with Crippen LogP contribution in [0.25, 0.3) is 0 Å². The van der Waals surface area contributed by atoms with Crippen LogP contribution >= 0.6 is 0 Å². The molecule has 0 atom stereocenters. The van der Waals surface area contributed by atoms with Crippen LogP contribution in [0.15, 0.2) is 35.0 Å². The molecule has 1 aromatic carbocycles. The van der Waals surface area contributed by atoms with Gasteiger partial charge in [0.1, 0.15) is 5.56 Å². The van der Waals surface area contributed by atoms with Gasteiger partial charge in [-0.25, -0.2) is 4.79 Å². The first kappa shape index (κ1) is 12.1. The molecule has 0 saturated carbocycles. The number of imide groups is 1. The van der Waals surface area contributed by atoms with E-state index in [1.54, 1.807) is 24.3 Å². The van der Waals surface area contributed by atoms with E-state index >= 15 is 0 Å². The second-order valence-corrected chi connectivity index (χ2v) is 4.21. The quantitative estimate of drug-likeness (QED) is 0.841. The van der Waals surface area contributed by atoms with Gasteiger partial charge in [0.2, 0.25) is 0 Å². The van der Waals surface area contributed by atoms with Crippen molar-refractivity contribution in [2.75, 3.05) is 0 Å². The van der Waals surface area contributed by atoms with Crippen molar-refractivity contribution in [2.45, 2.75) is 6.54 Å². The van der Waals surface area contributed by atoms with Gasteiger partial charge in [0.05, 0.1) is 23.9 Å². The SMILES string of the molecule is O=C(O)c1cnoc1CN1C(=O)c2ccccc2C1=O. The lowest BCUT2D eigenvalue weighted by molar-refractivity contribution is 0.0612. The van der Waals surface area contributed by atoms with Gasteiger partial charge in [-0.1, -0.05) is 17.3 Å². The standard InChI is InChI=1S/C13H8N2O5/c16-11-7-3-1-2-4-8(7)12(17)15(11)6-10-9(13(18)19)5-14-20-10/h1-5H,6H2,(H,18,19). The molecule has 1 aliphatic rings. The van der Waals surface area contributed by atoms with Crippen molar-refractivity contribution in [3.63, 3.8) is 0 Å². The van der Waals surface area contributed by atoms with Crippen LogP contribution in [0.4, 0.5) is 0 Å². The molecule has 2 aromatic rings. The molecule has 0 fully saturated rings. The molecule has 1 aromatic heterocycles. The molecule has 2 amide bonds. The Bertz CT molecular complexity index is 699. The Balaban J connectivity index is 1.94. The number of fused-ring (bicyclic) bond motifs is 1. The number of hydrogen-bond acceptors (Lipinski definition) is 5. The Morgan fingerprint density at radius 3 is 2.35 bits per heavy atom. The fraction of sp³-hybridized carbons (Fsp3) is 0.0769. The first-order chi connectivity index (χ1) is 9.59. The Hall–Kier alpha value is -2.96. The summed E-state index contributed by atoms with van der Waals surface area (Å²) in [4.78, 5) is 36.1. The predicted molar refractivity (Wildman–Crippen MR) is 64.1 cm³/mol. The van der Waals surface area contributed by atoms with E-state index in [1.807, 2.05) is 0 Å². The number of aromatic carboxylic acids is 1. The highest BCUT2D eigenvalue weighted by molar-refractivity contribution is 6.21. The number of amides is 2. The van der Waals surface area contributed by atoms with Crippen molar-refractivity contribution in [1.82, 2.24) is 10.1 Å². The van der Waals surface area contributed by atoms with Crippen LogP contribution in [0.5, 0.6) is 0 Å². The number of carbonyl (C=O) groups is 3. The van der Waals surface area contributed by atoms with E-state index < -0.39 is 17.8 Å². The maximum atomic E-state index is 12.1. The first-order valence-electron chi connectivity index (χ1n) is 5.71. The average Bonchev–Trinajstić information content (AvgIpc) is 2.99. The smallest absolute Gasteiger partial charge is 0.341 e.